The van der Waals surface area contributed by atoms with Crippen LogP contribution in [0.3, 0.4) is 0 Å². The van der Waals surface area contributed by atoms with E-state index >= 15 is 0 Å². The van der Waals surface area contributed by atoms with Gasteiger partial charge in [0.05, 0.1) is 18.9 Å². The van der Waals surface area contributed by atoms with Crippen molar-refractivity contribution in [2.45, 2.75) is 13.8 Å². The summed E-state index contributed by atoms with van der Waals surface area (Å²) in [6.07, 6.45) is 0. The topological polar surface area (TPSA) is 70.2 Å². The van der Waals surface area contributed by atoms with Gasteiger partial charge in [-0.25, -0.2) is 4.98 Å². The number of carbonyl (C=O) groups is 1. The molecule has 0 aliphatic carbocycles. The van der Waals surface area contributed by atoms with Crippen LogP contribution in [0.25, 0.3) is 22.6 Å². The lowest BCUT2D eigenvalue weighted by atomic mass is 10.1. The highest BCUT2D eigenvalue weighted by atomic mass is 16.5. The molecule has 6 heteroatoms. The van der Waals surface area contributed by atoms with Gasteiger partial charge in [-0.2, -0.15) is 0 Å². The molecule has 3 aromatic carbocycles. The fraction of sp³-hybridized carbons (Fsp3) is 0.214. The molecule has 0 radical (unpaired) electrons. The van der Waals surface area contributed by atoms with E-state index < -0.39 is 0 Å². The number of carbonyl (C=O) groups excluding carboxylic acids is 1. The molecule has 0 unspecified atom stereocenters. The zero-order valence-electron chi connectivity index (χ0n) is 19.5. The number of rotatable bonds is 5. The largest absolute Gasteiger partial charge is 0.378 e. The Hall–Kier alpha value is -3.90. The molecule has 0 bridgehead atoms. The third-order valence-corrected chi connectivity index (χ3v) is 6.19. The molecule has 0 spiro atoms. The number of benzene rings is 3. The summed E-state index contributed by atoms with van der Waals surface area (Å²) in [6.45, 7) is 7.29. The third kappa shape index (κ3) is 4.58. The summed E-state index contributed by atoms with van der Waals surface area (Å²) in [7, 11) is 0. The molecule has 1 saturated heterocycles. The Morgan fingerprint density at radius 2 is 1.71 bits per heavy atom. The van der Waals surface area contributed by atoms with Gasteiger partial charge in [-0.05, 0) is 55.8 Å². The van der Waals surface area contributed by atoms with Gasteiger partial charge < -0.3 is 19.9 Å². The molecule has 34 heavy (non-hydrogen) atoms. The molecular weight excluding hydrogens is 424 g/mol. The summed E-state index contributed by atoms with van der Waals surface area (Å²) in [5.74, 6) is 0.656. The minimum absolute atomic E-state index is 0.135. The molecule has 1 aliphatic rings. The molecule has 0 atom stereocenters. The SMILES string of the molecule is Cc1ccc(NC(=O)c2ccc(N3CCOCC3)cc2)cc1-c1nc(-c2ccccc2)c(C)[nH]1. The van der Waals surface area contributed by atoms with E-state index in [4.69, 9.17) is 9.72 Å². The highest BCUT2D eigenvalue weighted by Gasteiger charge is 2.15. The van der Waals surface area contributed by atoms with Crippen LogP contribution in [0.2, 0.25) is 0 Å². The molecule has 1 aromatic heterocycles. The number of ether oxygens (including phenoxy) is 1. The zero-order valence-corrected chi connectivity index (χ0v) is 19.5. The monoisotopic (exact) mass is 452 g/mol. The van der Waals surface area contributed by atoms with Crippen LogP contribution in [0.5, 0.6) is 0 Å². The average Bonchev–Trinajstić information content (AvgIpc) is 3.27. The van der Waals surface area contributed by atoms with Gasteiger partial charge in [-0.15, -0.1) is 0 Å². The standard InChI is InChI=1S/C28H28N4O2/c1-19-8-11-23(18-25(19)27-29-20(2)26(31-27)21-6-4-3-5-7-21)30-28(33)22-9-12-24(13-10-22)32-14-16-34-17-15-32/h3-13,18H,14-17H2,1-2H3,(H,29,31)(H,30,33). The highest BCUT2D eigenvalue weighted by molar-refractivity contribution is 6.04. The summed E-state index contributed by atoms with van der Waals surface area (Å²) in [6, 6.07) is 23.8. The van der Waals surface area contributed by atoms with Crippen molar-refractivity contribution >= 4 is 17.3 Å². The first-order valence-electron chi connectivity index (χ1n) is 11.6. The Bertz CT molecular complexity index is 1290. The molecule has 4 aromatic rings. The zero-order chi connectivity index (χ0) is 23.5. The number of nitrogens with one attached hydrogen (secondary N) is 2. The van der Waals surface area contributed by atoms with Gasteiger partial charge in [0, 0.05) is 46.8 Å². The quantitative estimate of drug-likeness (QED) is 0.422. The average molecular weight is 453 g/mol. The Kier molecular flexibility index (Phi) is 6.14. The van der Waals surface area contributed by atoms with Crippen molar-refractivity contribution in [2.75, 3.05) is 36.5 Å². The van der Waals surface area contributed by atoms with Crippen LogP contribution >= 0.6 is 0 Å². The first kappa shape index (κ1) is 21.9. The van der Waals surface area contributed by atoms with Crippen LogP contribution in [0.15, 0.2) is 72.8 Å². The van der Waals surface area contributed by atoms with Crippen molar-refractivity contribution in [3.8, 4) is 22.6 Å². The molecule has 172 valence electrons. The lowest BCUT2D eigenvalue weighted by Crippen LogP contribution is -2.36. The third-order valence-electron chi connectivity index (χ3n) is 6.19. The van der Waals surface area contributed by atoms with Gasteiger partial charge in [-0.1, -0.05) is 36.4 Å². The van der Waals surface area contributed by atoms with Crippen LogP contribution in [0, 0.1) is 13.8 Å². The van der Waals surface area contributed by atoms with E-state index in [1.807, 2.05) is 74.5 Å². The van der Waals surface area contributed by atoms with E-state index in [1.165, 1.54) is 0 Å². The molecule has 1 amide bonds. The number of aryl methyl sites for hydroxylation is 2. The van der Waals surface area contributed by atoms with Crippen LogP contribution in [0.1, 0.15) is 21.6 Å². The Labute approximate surface area is 199 Å². The van der Waals surface area contributed by atoms with Crippen LogP contribution in [-0.4, -0.2) is 42.2 Å². The van der Waals surface area contributed by atoms with Gasteiger partial charge in [0.1, 0.15) is 5.82 Å². The Morgan fingerprint density at radius 3 is 2.44 bits per heavy atom. The first-order chi connectivity index (χ1) is 16.6. The van der Waals surface area contributed by atoms with Crippen LogP contribution in [0.4, 0.5) is 11.4 Å². The predicted molar refractivity (Wildman–Crippen MR) is 136 cm³/mol. The molecule has 6 nitrogen and oxygen atoms in total. The first-order valence-corrected chi connectivity index (χ1v) is 11.6. The summed E-state index contributed by atoms with van der Waals surface area (Å²) in [5.41, 5.74) is 7.54. The minimum Gasteiger partial charge on any atom is -0.378 e. The summed E-state index contributed by atoms with van der Waals surface area (Å²) >= 11 is 0. The number of aromatic amines is 1. The maximum absolute atomic E-state index is 12.9. The van der Waals surface area contributed by atoms with E-state index in [9.17, 15) is 4.79 Å². The number of H-pyrrole nitrogens is 1. The molecule has 2 N–H and O–H groups in total. The number of hydrogen-bond acceptors (Lipinski definition) is 4. The van der Waals surface area contributed by atoms with E-state index in [2.05, 4.69) is 27.3 Å². The van der Waals surface area contributed by atoms with Gasteiger partial charge in [0.25, 0.3) is 5.91 Å². The second kappa shape index (κ2) is 9.53. The highest BCUT2D eigenvalue weighted by Crippen LogP contribution is 2.29. The number of imidazole rings is 1. The maximum atomic E-state index is 12.9. The van der Waals surface area contributed by atoms with E-state index in [1.54, 1.807) is 0 Å². The van der Waals surface area contributed by atoms with Gasteiger partial charge in [0.15, 0.2) is 0 Å². The Balaban J connectivity index is 1.35. The Morgan fingerprint density at radius 1 is 0.971 bits per heavy atom. The van der Waals surface area contributed by atoms with E-state index in [-0.39, 0.29) is 5.91 Å². The van der Waals surface area contributed by atoms with Crippen molar-refractivity contribution in [3.05, 3.63) is 89.6 Å². The number of aromatic nitrogens is 2. The van der Waals surface area contributed by atoms with Crippen LogP contribution < -0.4 is 10.2 Å². The second-order valence-electron chi connectivity index (χ2n) is 8.56. The van der Waals surface area contributed by atoms with Gasteiger partial charge in [-0.3, -0.25) is 4.79 Å². The van der Waals surface area contributed by atoms with Crippen molar-refractivity contribution < 1.29 is 9.53 Å². The van der Waals surface area contributed by atoms with Gasteiger partial charge in [0.2, 0.25) is 0 Å². The number of nitrogens with zero attached hydrogens (tertiary/aromatic N) is 2. The summed E-state index contributed by atoms with van der Waals surface area (Å²) in [4.78, 5) is 23.5. The lowest BCUT2D eigenvalue weighted by Gasteiger charge is -2.28. The fourth-order valence-corrected chi connectivity index (χ4v) is 4.27. The summed E-state index contributed by atoms with van der Waals surface area (Å²) in [5, 5.41) is 3.03. The fourth-order valence-electron chi connectivity index (χ4n) is 4.27. The minimum atomic E-state index is -0.135. The molecule has 1 aliphatic heterocycles. The molecule has 5 rings (SSSR count). The van der Waals surface area contributed by atoms with Crippen molar-refractivity contribution in [1.82, 2.24) is 9.97 Å². The molecule has 0 saturated carbocycles. The maximum Gasteiger partial charge on any atom is 0.255 e. The number of morpholine rings is 1. The van der Waals surface area contributed by atoms with Crippen molar-refractivity contribution in [2.24, 2.45) is 0 Å². The normalized spacial score (nSPS) is 13.6. The lowest BCUT2D eigenvalue weighted by molar-refractivity contribution is 0.102. The van der Waals surface area contributed by atoms with E-state index in [0.717, 1.165) is 71.6 Å². The predicted octanol–water partition coefficient (Wildman–Crippen LogP) is 5.45. The molecular formula is C28H28N4O2. The van der Waals surface area contributed by atoms with Crippen molar-refractivity contribution in [3.63, 3.8) is 0 Å². The van der Waals surface area contributed by atoms with E-state index in [0.29, 0.717) is 5.56 Å². The van der Waals surface area contributed by atoms with Gasteiger partial charge >= 0.3 is 0 Å². The summed E-state index contributed by atoms with van der Waals surface area (Å²) < 4.78 is 5.42. The second-order valence-corrected chi connectivity index (χ2v) is 8.56. The van der Waals surface area contributed by atoms with Crippen LogP contribution in [-0.2, 0) is 4.74 Å². The molecule has 2 heterocycles. The number of anilines is 2. The number of amides is 1. The smallest absolute Gasteiger partial charge is 0.255 e. The van der Waals surface area contributed by atoms with Crippen molar-refractivity contribution in [1.29, 1.82) is 0 Å². The molecule has 1 fully saturated rings. The number of hydrogen-bond donors (Lipinski definition) is 2.